The number of hydrogen-bond donors (Lipinski definition) is 0. The van der Waals surface area contributed by atoms with Crippen molar-refractivity contribution < 1.29 is 105 Å². The van der Waals surface area contributed by atoms with E-state index in [0.717, 1.165) is 24.4 Å². The Morgan fingerprint density at radius 3 is 1.26 bits per heavy atom. The van der Waals surface area contributed by atoms with Crippen LogP contribution in [0.5, 0.6) is 0 Å². The molecule has 1 aromatic heterocycles. The highest BCUT2D eigenvalue weighted by Crippen LogP contribution is 2.64. The summed E-state index contributed by atoms with van der Waals surface area (Å²) in [5, 5.41) is -0.515. The Labute approximate surface area is 223 Å². The van der Waals surface area contributed by atoms with E-state index < -0.39 is 81.4 Å². The molecule has 0 radical (unpaired) electrons. The fourth-order valence-electron chi connectivity index (χ4n) is 2.25. The molecule has 0 aliphatic rings. The van der Waals surface area contributed by atoms with Gasteiger partial charge in [-0.2, -0.15) is 92.4 Å². The highest BCUT2D eigenvalue weighted by atomic mass is 35.5. The van der Waals surface area contributed by atoms with E-state index in [4.69, 9.17) is 24.6 Å². The summed E-state index contributed by atoms with van der Waals surface area (Å²) in [6.07, 6.45) is -9.58. The molecule has 0 aromatic carbocycles. The lowest BCUT2D eigenvalue weighted by Gasteiger charge is -2.42. The molecule has 1 heterocycles. The van der Waals surface area contributed by atoms with E-state index in [2.05, 4.69) is 0 Å². The van der Waals surface area contributed by atoms with Crippen molar-refractivity contribution in [3.8, 4) is 0 Å². The van der Waals surface area contributed by atoms with E-state index in [1.54, 1.807) is 0 Å². The second kappa shape index (κ2) is 11.5. The topological polar surface area (TPSA) is 61.1 Å². The first-order chi connectivity index (χ1) is 18.0. The third-order valence-electron chi connectivity index (χ3n) is 4.62. The molecule has 1 aromatic rings. The molecule has 0 saturated carbocycles. The lowest BCUT2D eigenvalue weighted by molar-refractivity contribution is -0.698. The highest BCUT2D eigenvalue weighted by molar-refractivity contribution is 7.86. The van der Waals surface area contributed by atoms with Crippen molar-refractivity contribution in [1.82, 2.24) is 0 Å². The van der Waals surface area contributed by atoms with Gasteiger partial charge in [0.05, 0.1) is 6.42 Å². The molecular weight excluding hydrogens is 702 g/mol. The van der Waals surface area contributed by atoms with Crippen molar-refractivity contribution in [2.75, 3.05) is 0 Å². The molecule has 0 spiro atoms. The Bertz CT molecular complexity index is 1190. The highest BCUT2D eigenvalue weighted by Gasteiger charge is 2.95. The van der Waals surface area contributed by atoms with Gasteiger partial charge in [-0.1, -0.05) is 0 Å². The number of nitrogens with zero attached hydrogens (tertiary/aromatic N) is 1. The molecule has 1 rings (SSSR count). The minimum absolute atomic E-state index is 0.439. The zero-order valence-electron chi connectivity index (χ0n) is 18.7. The Morgan fingerprint density at radius 2 is 0.952 bits per heavy atom. The van der Waals surface area contributed by atoms with Crippen molar-refractivity contribution in [2.45, 2.75) is 66.1 Å². The largest absolute Gasteiger partial charge is 0.741 e. The van der Waals surface area contributed by atoms with Gasteiger partial charge in [0.25, 0.3) is 5.15 Å². The lowest BCUT2D eigenvalue weighted by Crippen LogP contribution is -2.74. The fourth-order valence-corrected chi connectivity index (χ4v) is 2.46. The summed E-state index contributed by atoms with van der Waals surface area (Å²) >= 11 is 5.44. The van der Waals surface area contributed by atoms with Crippen LogP contribution in [0.1, 0.15) is 6.42 Å². The first kappa shape index (κ1) is 40.0. The predicted molar refractivity (Wildman–Crippen MR) is 92.7 cm³/mol. The van der Waals surface area contributed by atoms with Crippen molar-refractivity contribution in [1.29, 1.82) is 0 Å². The van der Waals surface area contributed by atoms with E-state index in [1.807, 2.05) is 0 Å². The second-order valence-electron chi connectivity index (χ2n) is 7.52. The second-order valence-corrected chi connectivity index (χ2v) is 9.27. The van der Waals surface area contributed by atoms with Crippen molar-refractivity contribution in [3.63, 3.8) is 0 Å². The molecule has 42 heavy (non-hydrogen) atoms. The Hall–Kier alpha value is -2.05. The lowest BCUT2D eigenvalue weighted by atomic mass is 9.88. The van der Waals surface area contributed by atoms with Gasteiger partial charge in [-0.3, -0.25) is 0 Å². The van der Waals surface area contributed by atoms with E-state index in [-0.39, 0.29) is 0 Å². The molecule has 0 amide bonds. The molecule has 0 saturated heterocycles. The summed E-state index contributed by atoms with van der Waals surface area (Å²) in [5.74, 6) is -56.3. The fraction of sp³-hybridized carbons (Fsp3) is 0.688. The van der Waals surface area contributed by atoms with Gasteiger partial charge >= 0.3 is 53.1 Å². The Kier molecular flexibility index (Phi) is 10.9. The van der Waals surface area contributed by atoms with Crippen molar-refractivity contribution in [2.24, 2.45) is 0 Å². The Balaban J connectivity index is 0.00000183. The number of alkyl halides is 20. The van der Waals surface area contributed by atoms with Gasteiger partial charge in [-0.05, 0) is 17.7 Å². The number of aryl methyl sites for hydroxylation is 1. The minimum Gasteiger partial charge on any atom is -0.741 e. The van der Waals surface area contributed by atoms with E-state index >= 15 is 0 Å². The summed E-state index contributed by atoms with van der Waals surface area (Å²) < 4.78 is 283. The van der Waals surface area contributed by atoms with Crippen molar-refractivity contribution >= 4 is 21.7 Å². The van der Waals surface area contributed by atoms with Crippen LogP contribution >= 0.6 is 11.6 Å². The molecule has 0 atom stereocenters. The predicted octanol–water partition coefficient (Wildman–Crippen LogP) is 7.08. The molecule has 0 N–H and O–H groups in total. The summed E-state index contributed by atoms with van der Waals surface area (Å²) in [5.41, 5.74) is -5.65. The monoisotopic (exact) mass is 709 g/mol. The van der Waals surface area contributed by atoms with Crippen LogP contribution in [0.15, 0.2) is 24.4 Å². The van der Waals surface area contributed by atoms with Gasteiger partial charge in [-0.15, -0.1) is 0 Å². The first-order valence-electron chi connectivity index (χ1n) is 9.36. The number of rotatable bonds is 9. The molecule has 0 aliphatic heterocycles. The smallest absolute Gasteiger partial charge is 0.485 e. The molecule has 0 aliphatic carbocycles. The van der Waals surface area contributed by atoms with E-state index in [0.29, 0.717) is 4.57 Å². The number of pyridine rings is 1. The van der Waals surface area contributed by atoms with Crippen LogP contribution in [0.4, 0.5) is 87.8 Å². The summed E-state index contributed by atoms with van der Waals surface area (Å²) in [4.78, 5) is 0. The van der Waals surface area contributed by atoms with Crippen LogP contribution in [0.2, 0.25) is 5.15 Å². The van der Waals surface area contributed by atoms with Gasteiger partial charge in [0.2, 0.25) is 0 Å². The molecule has 248 valence electrons. The maximum Gasteiger partial charge on any atom is 0.485 e. The number of halogens is 21. The van der Waals surface area contributed by atoms with Crippen LogP contribution in [-0.4, -0.2) is 66.1 Å². The van der Waals surface area contributed by atoms with Crippen molar-refractivity contribution in [3.05, 3.63) is 29.5 Å². The first-order valence-corrected chi connectivity index (χ1v) is 11.1. The number of aromatic nitrogens is 1. The zero-order valence-corrected chi connectivity index (χ0v) is 20.3. The summed E-state index contributed by atoms with van der Waals surface area (Å²) in [6, 6.07) is 3.11. The van der Waals surface area contributed by atoms with Gasteiger partial charge in [-0.25, -0.2) is 8.42 Å². The molecule has 0 fully saturated rings. The molecule has 26 heteroatoms. The van der Waals surface area contributed by atoms with Gasteiger partial charge in [0, 0.05) is 12.1 Å². The normalized spacial score (nSPS) is 15.3. The van der Waals surface area contributed by atoms with Gasteiger partial charge in [0.15, 0.2) is 22.9 Å². The van der Waals surface area contributed by atoms with Crippen LogP contribution in [-0.2, 0) is 16.7 Å². The standard InChI is InChI=1S/C15H8ClF17N.CHF3O3S/c16-7-3-1-2-5-34(7)6-4-8(17,18)9(19,20)10(21,22)11(23,24)12(25,26)13(27,28)14(29,30)15(31,32)33;2-1(3,4)8(5,6)7/h1-3,5H,4,6H2;(H,5,6,7)/q+1;/p-1. The van der Waals surface area contributed by atoms with Crippen LogP contribution in [0.3, 0.4) is 0 Å². The van der Waals surface area contributed by atoms with E-state index in [9.17, 15) is 87.8 Å². The van der Waals surface area contributed by atoms with Gasteiger partial charge < -0.3 is 4.55 Å². The minimum atomic E-state index is -8.63. The van der Waals surface area contributed by atoms with Crippen LogP contribution < -0.4 is 4.57 Å². The Morgan fingerprint density at radius 1 is 0.619 bits per heavy atom. The molecule has 0 unspecified atom stereocenters. The average molecular weight is 710 g/mol. The average Bonchev–Trinajstić information content (AvgIpc) is 2.76. The maximum atomic E-state index is 13.8. The molecule has 4 nitrogen and oxygen atoms in total. The molecular formula is C16H8ClF20NO3S. The third kappa shape index (κ3) is 6.85. The van der Waals surface area contributed by atoms with Gasteiger partial charge in [0.1, 0.15) is 0 Å². The zero-order chi connectivity index (χ0) is 34.4. The third-order valence-corrected chi connectivity index (χ3v) is 5.53. The van der Waals surface area contributed by atoms with Crippen LogP contribution in [0, 0.1) is 0 Å². The van der Waals surface area contributed by atoms with Crippen LogP contribution in [0.25, 0.3) is 0 Å². The summed E-state index contributed by atoms with van der Waals surface area (Å²) in [7, 11) is -6.09. The van der Waals surface area contributed by atoms with E-state index in [1.165, 1.54) is 0 Å². The maximum absolute atomic E-state index is 13.8. The SMILES string of the molecule is FC(F)(F)C(F)(F)C(F)(F)C(F)(F)C(F)(F)C(F)(F)C(F)(F)C(F)(F)CC[n+]1ccccc1Cl.O=S(=O)([O-])C(F)(F)F. The summed E-state index contributed by atoms with van der Waals surface area (Å²) in [6.45, 7) is -1.48. The quantitative estimate of drug-likeness (QED) is 0.0906. The molecule has 0 bridgehead atoms. The number of hydrogen-bond acceptors (Lipinski definition) is 3.